The normalized spacial score (nSPS) is 11.6. The Morgan fingerprint density at radius 2 is 1.86 bits per heavy atom. The zero-order chi connectivity index (χ0) is 15.3. The maximum atomic E-state index is 11.7. The molecule has 7 heteroatoms. The summed E-state index contributed by atoms with van der Waals surface area (Å²) in [5.74, 6) is 1.03. The van der Waals surface area contributed by atoms with Crippen LogP contribution in [0.3, 0.4) is 0 Å². The molecule has 6 nitrogen and oxygen atoms in total. The summed E-state index contributed by atoms with van der Waals surface area (Å²) in [7, 11) is -0.556. The van der Waals surface area contributed by atoms with E-state index in [9.17, 15) is 8.42 Å². The van der Waals surface area contributed by atoms with Gasteiger partial charge in [0.05, 0.1) is 0 Å². The minimum Gasteiger partial charge on any atom is -0.439 e. The Kier molecular flexibility index (Phi) is 4.89. The van der Waals surface area contributed by atoms with Crippen LogP contribution in [0.1, 0.15) is 5.56 Å². The van der Waals surface area contributed by atoms with E-state index in [1.165, 1.54) is 14.1 Å². The molecule has 0 fully saturated rings. The molecule has 0 radical (unpaired) electrons. The third-order valence-corrected chi connectivity index (χ3v) is 4.20. The minimum atomic E-state index is -3.49. The predicted molar refractivity (Wildman–Crippen MR) is 80.2 cm³/mol. The monoisotopic (exact) mass is 307 g/mol. The van der Waals surface area contributed by atoms with Crippen molar-refractivity contribution in [1.82, 2.24) is 14.0 Å². The van der Waals surface area contributed by atoms with Gasteiger partial charge in [-0.15, -0.1) is 0 Å². The van der Waals surface area contributed by atoms with Crippen LogP contribution < -0.4 is 9.46 Å². The van der Waals surface area contributed by atoms with Crippen LogP contribution in [0.4, 0.5) is 0 Å². The summed E-state index contributed by atoms with van der Waals surface area (Å²) in [6.07, 6.45) is 1.60. The van der Waals surface area contributed by atoms with Gasteiger partial charge in [0.25, 0.3) is 10.2 Å². The van der Waals surface area contributed by atoms with E-state index >= 15 is 0 Å². The fourth-order valence-electron chi connectivity index (χ4n) is 1.55. The number of benzene rings is 1. The molecule has 1 aromatic carbocycles. The highest BCUT2D eigenvalue weighted by atomic mass is 32.2. The van der Waals surface area contributed by atoms with Gasteiger partial charge in [-0.2, -0.15) is 17.4 Å². The topological polar surface area (TPSA) is 71.5 Å². The third kappa shape index (κ3) is 4.25. The Labute approximate surface area is 124 Å². The lowest BCUT2D eigenvalue weighted by Crippen LogP contribution is -2.35. The molecule has 0 aliphatic heterocycles. The number of hydrogen-bond acceptors (Lipinski definition) is 4. The molecule has 21 heavy (non-hydrogen) atoms. The summed E-state index contributed by atoms with van der Waals surface area (Å²) in [4.78, 5) is 4.15. The predicted octanol–water partition coefficient (Wildman–Crippen LogP) is 1.77. The van der Waals surface area contributed by atoms with E-state index in [1.807, 2.05) is 30.3 Å². The highest BCUT2D eigenvalue weighted by molar-refractivity contribution is 7.87. The van der Waals surface area contributed by atoms with Crippen molar-refractivity contribution >= 4 is 10.2 Å². The maximum absolute atomic E-state index is 11.7. The van der Waals surface area contributed by atoms with E-state index in [1.54, 1.807) is 18.3 Å². The van der Waals surface area contributed by atoms with Gasteiger partial charge < -0.3 is 4.74 Å². The second-order valence-corrected chi connectivity index (χ2v) is 6.46. The van der Waals surface area contributed by atoms with Crippen molar-refractivity contribution in [2.75, 3.05) is 14.1 Å². The average Bonchev–Trinajstić information content (AvgIpc) is 2.47. The van der Waals surface area contributed by atoms with Crippen LogP contribution in [0.15, 0.2) is 48.7 Å². The van der Waals surface area contributed by atoms with Crippen molar-refractivity contribution in [3.8, 4) is 11.6 Å². The zero-order valence-electron chi connectivity index (χ0n) is 11.9. The lowest BCUT2D eigenvalue weighted by Gasteiger charge is -2.14. The fourth-order valence-corrected chi connectivity index (χ4v) is 2.14. The summed E-state index contributed by atoms with van der Waals surface area (Å²) >= 11 is 0. The lowest BCUT2D eigenvalue weighted by atomic mass is 10.3. The Bertz CT molecular complexity index is 688. The number of nitrogens with zero attached hydrogens (tertiary/aromatic N) is 2. The molecule has 0 unspecified atom stereocenters. The summed E-state index contributed by atoms with van der Waals surface area (Å²) in [5, 5.41) is 0. The van der Waals surface area contributed by atoms with Gasteiger partial charge in [-0.1, -0.05) is 24.3 Å². The van der Waals surface area contributed by atoms with Crippen molar-refractivity contribution < 1.29 is 13.2 Å². The Balaban J connectivity index is 2.14. The first-order valence-electron chi connectivity index (χ1n) is 6.33. The first-order chi connectivity index (χ1) is 9.99. The van der Waals surface area contributed by atoms with Crippen LogP contribution in [0, 0.1) is 0 Å². The largest absolute Gasteiger partial charge is 0.439 e. The smallest absolute Gasteiger partial charge is 0.279 e. The van der Waals surface area contributed by atoms with Crippen LogP contribution in [0.5, 0.6) is 11.6 Å². The Hall–Kier alpha value is -1.96. The number of rotatable bonds is 6. The molecule has 0 atom stereocenters. The first-order valence-corrected chi connectivity index (χ1v) is 7.77. The van der Waals surface area contributed by atoms with Crippen LogP contribution in [0.25, 0.3) is 0 Å². The summed E-state index contributed by atoms with van der Waals surface area (Å²) in [6, 6.07) is 12.7. The van der Waals surface area contributed by atoms with Gasteiger partial charge in [-0.25, -0.2) is 4.98 Å². The van der Waals surface area contributed by atoms with Crippen molar-refractivity contribution in [2.24, 2.45) is 0 Å². The van der Waals surface area contributed by atoms with E-state index in [4.69, 9.17) is 4.74 Å². The van der Waals surface area contributed by atoms with E-state index in [0.717, 1.165) is 4.31 Å². The third-order valence-electron chi connectivity index (χ3n) is 2.73. The van der Waals surface area contributed by atoms with Gasteiger partial charge in [0, 0.05) is 32.4 Å². The molecule has 1 heterocycles. The molecule has 0 saturated heterocycles. The average molecular weight is 307 g/mol. The molecule has 0 aliphatic carbocycles. The standard InChI is InChI=1S/C14H17N3O3S/c1-17(2)21(18,19)16-11-12-7-6-10-15-14(12)20-13-8-4-3-5-9-13/h3-10,16H,11H2,1-2H3. The van der Waals surface area contributed by atoms with Gasteiger partial charge in [-0.05, 0) is 18.2 Å². The summed E-state index contributed by atoms with van der Waals surface area (Å²) in [6.45, 7) is 0.108. The summed E-state index contributed by atoms with van der Waals surface area (Å²) < 4.78 is 32.7. The van der Waals surface area contributed by atoms with E-state index < -0.39 is 10.2 Å². The highest BCUT2D eigenvalue weighted by Gasteiger charge is 2.14. The lowest BCUT2D eigenvalue weighted by molar-refractivity contribution is 0.454. The number of ether oxygens (including phenoxy) is 1. The first kappa shape index (κ1) is 15.4. The van der Waals surface area contributed by atoms with Crippen LogP contribution in [-0.2, 0) is 16.8 Å². The van der Waals surface area contributed by atoms with Gasteiger partial charge >= 0.3 is 0 Å². The number of pyridine rings is 1. The SMILES string of the molecule is CN(C)S(=O)(=O)NCc1cccnc1Oc1ccccc1. The van der Waals surface area contributed by atoms with Crippen molar-refractivity contribution in [1.29, 1.82) is 0 Å². The molecule has 0 saturated carbocycles. The second-order valence-electron chi connectivity index (χ2n) is 4.49. The molecule has 2 rings (SSSR count). The Morgan fingerprint density at radius 3 is 2.52 bits per heavy atom. The van der Waals surface area contributed by atoms with Crippen LogP contribution in [0.2, 0.25) is 0 Å². The fraction of sp³-hybridized carbons (Fsp3) is 0.214. The van der Waals surface area contributed by atoms with Crippen molar-refractivity contribution in [3.05, 3.63) is 54.2 Å². The number of para-hydroxylation sites is 1. The molecule has 1 N–H and O–H groups in total. The van der Waals surface area contributed by atoms with Gasteiger partial charge in [0.1, 0.15) is 5.75 Å². The number of aromatic nitrogens is 1. The van der Waals surface area contributed by atoms with Gasteiger partial charge in [0.15, 0.2) is 0 Å². The molecule has 2 aromatic rings. The molecule has 0 bridgehead atoms. The van der Waals surface area contributed by atoms with E-state index in [2.05, 4.69) is 9.71 Å². The molecular weight excluding hydrogens is 290 g/mol. The van der Waals surface area contributed by atoms with E-state index in [-0.39, 0.29) is 6.54 Å². The van der Waals surface area contributed by atoms with Gasteiger partial charge in [0.2, 0.25) is 5.88 Å². The quantitative estimate of drug-likeness (QED) is 0.883. The number of nitrogens with one attached hydrogen (secondary N) is 1. The van der Waals surface area contributed by atoms with Crippen LogP contribution >= 0.6 is 0 Å². The molecule has 0 aliphatic rings. The summed E-state index contributed by atoms with van der Waals surface area (Å²) in [5.41, 5.74) is 0.659. The van der Waals surface area contributed by atoms with E-state index in [0.29, 0.717) is 17.2 Å². The second kappa shape index (κ2) is 6.66. The maximum Gasteiger partial charge on any atom is 0.279 e. The minimum absolute atomic E-state index is 0.108. The highest BCUT2D eigenvalue weighted by Crippen LogP contribution is 2.22. The number of hydrogen-bond donors (Lipinski definition) is 1. The van der Waals surface area contributed by atoms with Crippen LogP contribution in [-0.4, -0.2) is 31.8 Å². The molecule has 1 aromatic heterocycles. The Morgan fingerprint density at radius 1 is 1.14 bits per heavy atom. The van der Waals surface area contributed by atoms with Crippen molar-refractivity contribution in [2.45, 2.75) is 6.54 Å². The molecule has 112 valence electrons. The molecule has 0 spiro atoms. The van der Waals surface area contributed by atoms with Crippen molar-refractivity contribution in [3.63, 3.8) is 0 Å². The molecule has 0 amide bonds. The zero-order valence-corrected chi connectivity index (χ0v) is 12.7. The van der Waals surface area contributed by atoms with Gasteiger partial charge in [-0.3, -0.25) is 0 Å². The molecular formula is C14H17N3O3S.